The number of nitrogens with one attached hydrogen (secondary N) is 1. The summed E-state index contributed by atoms with van der Waals surface area (Å²) in [5, 5.41) is 3.61. The minimum Gasteiger partial charge on any atom is -0.490 e. The van der Waals surface area contributed by atoms with Crippen molar-refractivity contribution in [2.75, 3.05) is 30.0 Å². The predicted molar refractivity (Wildman–Crippen MR) is 128 cm³/mol. The molecule has 8 heteroatoms. The van der Waals surface area contributed by atoms with Crippen molar-refractivity contribution >= 4 is 46.4 Å². The molecule has 0 atom stereocenters. The Hall–Kier alpha value is -2.44. The summed E-state index contributed by atoms with van der Waals surface area (Å²) >= 11 is 11.9. The Morgan fingerprint density at radius 2 is 1.97 bits per heavy atom. The third-order valence-electron chi connectivity index (χ3n) is 5.13. The number of ether oxygens (including phenoxy) is 2. The molecule has 0 radical (unpaired) electrons. The van der Waals surface area contributed by atoms with Crippen LogP contribution in [0.15, 0.2) is 36.4 Å². The highest BCUT2D eigenvalue weighted by atomic mass is 35.5. The number of anilines is 2. The lowest BCUT2D eigenvalue weighted by atomic mass is 9.92. The Bertz CT molecular complexity index is 1010. The quantitative estimate of drug-likeness (QED) is 0.545. The molecule has 0 fully saturated rings. The van der Waals surface area contributed by atoms with Crippen LogP contribution in [-0.4, -0.2) is 31.6 Å². The van der Waals surface area contributed by atoms with E-state index in [1.165, 1.54) is 0 Å². The topological polar surface area (TPSA) is 67.9 Å². The van der Waals surface area contributed by atoms with Crippen molar-refractivity contribution < 1.29 is 19.1 Å². The monoisotopic (exact) mass is 478 g/mol. The van der Waals surface area contributed by atoms with Gasteiger partial charge >= 0.3 is 0 Å². The van der Waals surface area contributed by atoms with Crippen molar-refractivity contribution in [1.29, 1.82) is 0 Å². The van der Waals surface area contributed by atoms with Crippen LogP contribution in [0.25, 0.3) is 0 Å². The number of amides is 2. The summed E-state index contributed by atoms with van der Waals surface area (Å²) in [6.45, 7) is 8.66. The first-order valence-electron chi connectivity index (χ1n) is 10.5. The molecule has 0 bridgehead atoms. The van der Waals surface area contributed by atoms with Gasteiger partial charge in [0, 0.05) is 23.3 Å². The van der Waals surface area contributed by atoms with Crippen molar-refractivity contribution in [3.63, 3.8) is 0 Å². The number of rotatable bonds is 7. The van der Waals surface area contributed by atoms with Crippen LogP contribution in [0.1, 0.15) is 34.1 Å². The summed E-state index contributed by atoms with van der Waals surface area (Å²) in [6, 6.07) is 10.1. The van der Waals surface area contributed by atoms with Crippen LogP contribution < -0.4 is 19.7 Å². The molecule has 172 valence electrons. The summed E-state index contributed by atoms with van der Waals surface area (Å²) in [4.78, 5) is 27.3. The summed E-state index contributed by atoms with van der Waals surface area (Å²) in [6.07, 6.45) is 0.879. The molecule has 0 unspecified atom stereocenters. The Morgan fingerprint density at radius 3 is 2.66 bits per heavy atom. The van der Waals surface area contributed by atoms with Crippen LogP contribution in [0.2, 0.25) is 10.0 Å². The molecule has 32 heavy (non-hydrogen) atoms. The second-order valence-corrected chi connectivity index (χ2v) is 9.75. The molecule has 1 aliphatic heterocycles. The minimum absolute atomic E-state index is 0.0296. The second-order valence-electron chi connectivity index (χ2n) is 8.91. The van der Waals surface area contributed by atoms with Gasteiger partial charge in [-0.25, -0.2) is 0 Å². The molecular weight excluding hydrogens is 451 g/mol. The standard InChI is InChI=1S/C24H28Cl2N2O4/c1-15(2)9-10-28-19-7-6-17(12-21(19)32-14-24(3,4)23(28)30)27-22(29)13-31-20-8-5-16(25)11-18(20)26/h5-8,11-12,15H,9-10,13-14H2,1-4H3,(H,27,29). The summed E-state index contributed by atoms with van der Waals surface area (Å²) in [7, 11) is 0. The van der Waals surface area contributed by atoms with Crippen LogP contribution in [-0.2, 0) is 9.59 Å². The van der Waals surface area contributed by atoms with Gasteiger partial charge in [-0.3, -0.25) is 9.59 Å². The molecule has 0 saturated heterocycles. The van der Waals surface area contributed by atoms with Gasteiger partial charge in [0.1, 0.15) is 18.1 Å². The maximum atomic E-state index is 13.1. The number of nitrogens with zero attached hydrogens (tertiary/aromatic N) is 1. The average Bonchev–Trinajstić information content (AvgIpc) is 2.80. The predicted octanol–water partition coefficient (Wildman–Crippen LogP) is 5.81. The Balaban J connectivity index is 1.73. The third kappa shape index (κ3) is 5.87. The molecule has 0 saturated carbocycles. The van der Waals surface area contributed by atoms with Gasteiger partial charge in [0.2, 0.25) is 5.91 Å². The molecule has 0 aliphatic carbocycles. The highest BCUT2D eigenvalue weighted by Crippen LogP contribution is 2.38. The Kier molecular flexibility index (Phi) is 7.57. The maximum Gasteiger partial charge on any atom is 0.262 e. The van der Waals surface area contributed by atoms with E-state index in [1.54, 1.807) is 35.2 Å². The number of hydrogen-bond acceptors (Lipinski definition) is 4. The molecule has 6 nitrogen and oxygen atoms in total. The lowest BCUT2D eigenvalue weighted by Gasteiger charge is -2.28. The minimum atomic E-state index is -0.648. The summed E-state index contributed by atoms with van der Waals surface area (Å²) in [5.74, 6) is 1.08. The second kappa shape index (κ2) is 10.0. The molecule has 3 rings (SSSR count). The lowest BCUT2D eigenvalue weighted by molar-refractivity contribution is -0.127. The van der Waals surface area contributed by atoms with Crippen LogP contribution in [0.4, 0.5) is 11.4 Å². The SMILES string of the molecule is CC(C)CCN1C(=O)C(C)(C)COc2cc(NC(=O)COc3ccc(Cl)cc3Cl)ccc21. The number of halogens is 2. The van der Waals surface area contributed by atoms with E-state index in [2.05, 4.69) is 19.2 Å². The molecule has 1 heterocycles. The van der Waals surface area contributed by atoms with Gasteiger partial charge in [-0.15, -0.1) is 0 Å². The molecule has 2 aromatic carbocycles. The number of fused-ring (bicyclic) bond motifs is 1. The van der Waals surface area contributed by atoms with E-state index in [-0.39, 0.29) is 25.0 Å². The van der Waals surface area contributed by atoms with E-state index in [0.29, 0.717) is 45.4 Å². The zero-order chi connectivity index (χ0) is 23.5. The first-order chi connectivity index (χ1) is 15.1. The maximum absolute atomic E-state index is 13.1. The number of hydrogen-bond donors (Lipinski definition) is 1. The zero-order valence-corrected chi connectivity index (χ0v) is 20.2. The molecule has 0 aromatic heterocycles. The fourth-order valence-corrected chi connectivity index (χ4v) is 3.73. The van der Waals surface area contributed by atoms with Gasteiger partial charge in [0.15, 0.2) is 6.61 Å². The average molecular weight is 479 g/mol. The highest BCUT2D eigenvalue weighted by molar-refractivity contribution is 6.35. The van der Waals surface area contributed by atoms with Crippen LogP contribution >= 0.6 is 23.2 Å². The molecule has 2 aromatic rings. The van der Waals surface area contributed by atoms with E-state index in [0.717, 1.165) is 6.42 Å². The van der Waals surface area contributed by atoms with E-state index in [4.69, 9.17) is 32.7 Å². The Morgan fingerprint density at radius 1 is 1.22 bits per heavy atom. The van der Waals surface area contributed by atoms with Crippen LogP contribution in [0.5, 0.6) is 11.5 Å². The smallest absolute Gasteiger partial charge is 0.262 e. The van der Waals surface area contributed by atoms with E-state index >= 15 is 0 Å². The molecule has 0 spiro atoms. The van der Waals surface area contributed by atoms with Crippen molar-refractivity contribution in [2.45, 2.75) is 34.1 Å². The van der Waals surface area contributed by atoms with E-state index in [1.807, 2.05) is 19.9 Å². The molecular formula is C24H28Cl2N2O4. The van der Waals surface area contributed by atoms with Crippen LogP contribution in [0.3, 0.4) is 0 Å². The van der Waals surface area contributed by atoms with Gasteiger partial charge < -0.3 is 19.7 Å². The van der Waals surface area contributed by atoms with Crippen molar-refractivity contribution in [2.24, 2.45) is 11.3 Å². The summed E-state index contributed by atoms with van der Waals surface area (Å²) in [5.41, 5.74) is 0.615. The molecule has 1 aliphatic rings. The highest BCUT2D eigenvalue weighted by Gasteiger charge is 2.37. The fraction of sp³-hybridized carbons (Fsp3) is 0.417. The normalized spacial score (nSPS) is 15.1. The number of carbonyl (C=O) groups is 2. The fourth-order valence-electron chi connectivity index (χ4n) is 3.27. The van der Waals surface area contributed by atoms with Crippen molar-refractivity contribution in [3.05, 3.63) is 46.4 Å². The van der Waals surface area contributed by atoms with E-state index < -0.39 is 5.41 Å². The van der Waals surface area contributed by atoms with Gasteiger partial charge in [0.05, 0.1) is 16.1 Å². The van der Waals surface area contributed by atoms with Gasteiger partial charge in [-0.1, -0.05) is 37.0 Å². The third-order valence-corrected chi connectivity index (χ3v) is 5.66. The number of carbonyl (C=O) groups excluding carboxylic acids is 2. The number of benzene rings is 2. The summed E-state index contributed by atoms with van der Waals surface area (Å²) < 4.78 is 11.5. The lowest BCUT2D eigenvalue weighted by Crippen LogP contribution is -2.42. The Labute approximate surface area is 198 Å². The van der Waals surface area contributed by atoms with Crippen molar-refractivity contribution in [1.82, 2.24) is 0 Å². The van der Waals surface area contributed by atoms with Crippen molar-refractivity contribution in [3.8, 4) is 11.5 Å². The largest absolute Gasteiger partial charge is 0.490 e. The zero-order valence-electron chi connectivity index (χ0n) is 18.7. The van der Waals surface area contributed by atoms with Gasteiger partial charge in [-0.05, 0) is 56.5 Å². The first-order valence-corrected chi connectivity index (χ1v) is 11.3. The van der Waals surface area contributed by atoms with Gasteiger partial charge in [-0.2, -0.15) is 0 Å². The molecule has 2 amide bonds. The van der Waals surface area contributed by atoms with Gasteiger partial charge in [0.25, 0.3) is 5.91 Å². The molecule has 1 N–H and O–H groups in total. The van der Waals surface area contributed by atoms with Crippen LogP contribution in [0, 0.1) is 11.3 Å². The first kappa shape index (κ1) is 24.2. The van der Waals surface area contributed by atoms with E-state index in [9.17, 15) is 9.59 Å².